The molecule has 12 heavy (non-hydrogen) atoms. The highest BCUT2D eigenvalue weighted by Gasteiger charge is 2.42. The molecule has 1 aliphatic heterocycles. The van der Waals surface area contributed by atoms with Gasteiger partial charge in [0.1, 0.15) is 6.10 Å². The molecule has 0 bridgehead atoms. The molecule has 0 aromatic heterocycles. The molecule has 1 heterocycles. The molecule has 0 spiro atoms. The van der Waals surface area contributed by atoms with E-state index >= 15 is 0 Å². The normalized spacial score (nSPS) is 41.0. The largest absolute Gasteiger partial charge is 0.444 e. The number of amides is 1. The van der Waals surface area contributed by atoms with Crippen molar-refractivity contribution in [2.24, 2.45) is 5.92 Å². The molecule has 1 aliphatic carbocycles. The highest BCUT2D eigenvalue weighted by molar-refractivity contribution is 5.70. The van der Waals surface area contributed by atoms with Crippen molar-refractivity contribution in [3.63, 3.8) is 0 Å². The van der Waals surface area contributed by atoms with Gasteiger partial charge in [0.05, 0.1) is 6.04 Å². The summed E-state index contributed by atoms with van der Waals surface area (Å²) in [6, 6.07) is 0.355. The van der Waals surface area contributed by atoms with Gasteiger partial charge in [0.2, 0.25) is 0 Å². The third-order valence-corrected chi connectivity index (χ3v) is 3.06. The Morgan fingerprint density at radius 1 is 1.50 bits per heavy atom. The van der Waals surface area contributed by atoms with Gasteiger partial charge < -0.3 is 9.64 Å². The Kier molecular flexibility index (Phi) is 1.74. The van der Waals surface area contributed by atoms with Crippen LogP contribution in [-0.2, 0) is 4.74 Å². The number of hydrogen-bond donors (Lipinski definition) is 0. The van der Waals surface area contributed by atoms with E-state index in [-0.39, 0.29) is 12.2 Å². The van der Waals surface area contributed by atoms with Gasteiger partial charge in [-0.1, -0.05) is 6.92 Å². The van der Waals surface area contributed by atoms with Crippen LogP contribution >= 0.6 is 0 Å². The van der Waals surface area contributed by atoms with Crippen molar-refractivity contribution in [3.8, 4) is 0 Å². The molecule has 3 heteroatoms. The lowest BCUT2D eigenvalue weighted by atomic mass is 9.85. The first-order valence-corrected chi connectivity index (χ1v) is 4.62. The standard InChI is InChI=1S/C9H15NO2/c1-6-3-4-7-8(5-6)12-9(11)10(7)2/h6-8H,3-5H2,1-2H3. The lowest BCUT2D eigenvalue weighted by Gasteiger charge is -2.29. The van der Waals surface area contributed by atoms with Gasteiger partial charge in [0, 0.05) is 7.05 Å². The minimum absolute atomic E-state index is 0.140. The van der Waals surface area contributed by atoms with E-state index in [0.29, 0.717) is 12.0 Å². The first kappa shape index (κ1) is 7.90. The van der Waals surface area contributed by atoms with Crippen molar-refractivity contribution in [1.82, 2.24) is 4.90 Å². The molecular weight excluding hydrogens is 154 g/mol. The molecule has 1 saturated heterocycles. The van der Waals surface area contributed by atoms with E-state index in [1.165, 1.54) is 6.42 Å². The molecule has 2 fully saturated rings. The first-order valence-electron chi connectivity index (χ1n) is 4.62. The van der Waals surface area contributed by atoms with Crippen molar-refractivity contribution >= 4 is 6.09 Å². The summed E-state index contributed by atoms with van der Waals surface area (Å²) in [5, 5.41) is 0. The molecule has 2 rings (SSSR count). The van der Waals surface area contributed by atoms with Crippen LogP contribution in [0.5, 0.6) is 0 Å². The number of likely N-dealkylation sites (N-methyl/N-ethyl adjacent to an activating group) is 1. The van der Waals surface area contributed by atoms with Gasteiger partial charge in [-0.2, -0.15) is 0 Å². The zero-order chi connectivity index (χ0) is 8.72. The molecule has 2 aliphatic rings. The van der Waals surface area contributed by atoms with Crippen LogP contribution in [0.25, 0.3) is 0 Å². The third-order valence-electron chi connectivity index (χ3n) is 3.06. The molecule has 3 nitrogen and oxygen atoms in total. The zero-order valence-electron chi connectivity index (χ0n) is 7.62. The van der Waals surface area contributed by atoms with Gasteiger partial charge in [-0.15, -0.1) is 0 Å². The molecule has 0 radical (unpaired) electrons. The van der Waals surface area contributed by atoms with Crippen molar-refractivity contribution in [3.05, 3.63) is 0 Å². The van der Waals surface area contributed by atoms with Crippen molar-refractivity contribution in [1.29, 1.82) is 0 Å². The summed E-state index contributed by atoms with van der Waals surface area (Å²) in [4.78, 5) is 12.9. The van der Waals surface area contributed by atoms with E-state index in [1.54, 1.807) is 4.90 Å². The fourth-order valence-electron chi connectivity index (χ4n) is 2.23. The summed E-state index contributed by atoms with van der Waals surface area (Å²) in [7, 11) is 1.84. The maximum atomic E-state index is 11.2. The molecule has 0 aromatic carbocycles. The summed E-state index contributed by atoms with van der Waals surface area (Å²) in [5.74, 6) is 0.713. The van der Waals surface area contributed by atoms with Gasteiger partial charge in [-0.05, 0) is 25.2 Å². The van der Waals surface area contributed by atoms with Crippen LogP contribution in [0.1, 0.15) is 26.2 Å². The lowest BCUT2D eigenvalue weighted by Crippen LogP contribution is -2.37. The maximum absolute atomic E-state index is 11.2. The number of hydrogen-bond acceptors (Lipinski definition) is 2. The van der Waals surface area contributed by atoms with Crippen LogP contribution in [0.3, 0.4) is 0 Å². The summed E-state index contributed by atoms with van der Waals surface area (Å²) < 4.78 is 5.23. The summed E-state index contributed by atoms with van der Waals surface area (Å²) >= 11 is 0. The molecule has 0 N–H and O–H groups in total. The van der Waals surface area contributed by atoms with Crippen LogP contribution in [-0.4, -0.2) is 30.2 Å². The molecule has 68 valence electrons. The predicted molar refractivity (Wildman–Crippen MR) is 44.8 cm³/mol. The Labute approximate surface area is 72.7 Å². The third kappa shape index (κ3) is 1.08. The monoisotopic (exact) mass is 169 g/mol. The number of nitrogens with zero attached hydrogens (tertiary/aromatic N) is 1. The lowest BCUT2D eigenvalue weighted by molar-refractivity contribution is 0.0968. The molecule has 3 unspecified atom stereocenters. The van der Waals surface area contributed by atoms with Gasteiger partial charge in [-0.3, -0.25) is 0 Å². The van der Waals surface area contributed by atoms with E-state index in [4.69, 9.17) is 4.74 Å². The Morgan fingerprint density at radius 3 is 3.00 bits per heavy atom. The van der Waals surface area contributed by atoms with Crippen LogP contribution in [0.15, 0.2) is 0 Å². The molecular formula is C9H15NO2. The van der Waals surface area contributed by atoms with Gasteiger partial charge in [-0.25, -0.2) is 4.79 Å². The molecule has 0 aromatic rings. The number of ether oxygens (including phenoxy) is 1. The zero-order valence-corrected chi connectivity index (χ0v) is 7.62. The Bertz CT molecular complexity index is 205. The fraction of sp³-hybridized carbons (Fsp3) is 0.889. The van der Waals surface area contributed by atoms with Gasteiger partial charge in [0.15, 0.2) is 0 Å². The number of rotatable bonds is 0. The Balaban J connectivity index is 2.09. The molecule has 3 atom stereocenters. The Morgan fingerprint density at radius 2 is 2.25 bits per heavy atom. The second-order valence-corrected chi connectivity index (χ2v) is 4.02. The van der Waals surface area contributed by atoms with Crippen molar-refractivity contribution < 1.29 is 9.53 Å². The number of carbonyl (C=O) groups is 1. The minimum atomic E-state index is -0.140. The Hall–Kier alpha value is -0.730. The maximum Gasteiger partial charge on any atom is 0.410 e. The van der Waals surface area contributed by atoms with Gasteiger partial charge in [0.25, 0.3) is 0 Å². The topological polar surface area (TPSA) is 29.5 Å². The quantitative estimate of drug-likeness (QED) is 0.551. The molecule has 1 amide bonds. The average molecular weight is 169 g/mol. The smallest absolute Gasteiger partial charge is 0.410 e. The minimum Gasteiger partial charge on any atom is -0.444 e. The van der Waals surface area contributed by atoms with Crippen LogP contribution < -0.4 is 0 Å². The predicted octanol–water partition coefficient (Wildman–Crippen LogP) is 1.63. The van der Waals surface area contributed by atoms with Crippen LogP contribution in [0.2, 0.25) is 0 Å². The fourth-order valence-corrected chi connectivity index (χ4v) is 2.23. The summed E-state index contributed by atoms with van der Waals surface area (Å²) in [6.45, 7) is 2.22. The number of carbonyl (C=O) groups excluding carboxylic acids is 1. The van der Waals surface area contributed by atoms with Gasteiger partial charge >= 0.3 is 6.09 Å². The van der Waals surface area contributed by atoms with E-state index in [2.05, 4.69) is 6.92 Å². The average Bonchev–Trinajstić information content (AvgIpc) is 2.28. The van der Waals surface area contributed by atoms with E-state index in [0.717, 1.165) is 12.8 Å². The van der Waals surface area contributed by atoms with Crippen LogP contribution in [0, 0.1) is 5.92 Å². The summed E-state index contributed by atoms with van der Waals surface area (Å²) in [6.07, 6.45) is 3.40. The highest BCUT2D eigenvalue weighted by Crippen LogP contribution is 2.33. The van der Waals surface area contributed by atoms with E-state index < -0.39 is 0 Å². The van der Waals surface area contributed by atoms with E-state index in [9.17, 15) is 4.79 Å². The van der Waals surface area contributed by atoms with Crippen LogP contribution in [0.4, 0.5) is 4.79 Å². The molecule has 1 saturated carbocycles. The van der Waals surface area contributed by atoms with E-state index in [1.807, 2.05) is 7.05 Å². The SMILES string of the molecule is CC1CCC2C(C1)OC(=O)N2C. The number of fused-ring (bicyclic) bond motifs is 1. The summed E-state index contributed by atoms with van der Waals surface area (Å²) in [5.41, 5.74) is 0. The highest BCUT2D eigenvalue weighted by atomic mass is 16.6. The van der Waals surface area contributed by atoms with Crippen molar-refractivity contribution in [2.45, 2.75) is 38.3 Å². The first-order chi connectivity index (χ1) is 5.68. The van der Waals surface area contributed by atoms with Crippen molar-refractivity contribution in [2.75, 3.05) is 7.05 Å². The second-order valence-electron chi connectivity index (χ2n) is 4.02. The second kappa shape index (κ2) is 2.64.